The molecule has 1 aliphatic heterocycles. The first-order valence-electron chi connectivity index (χ1n) is 5.69. The molecule has 1 saturated heterocycles. The van der Waals surface area contributed by atoms with E-state index in [1.807, 2.05) is 6.92 Å². The van der Waals surface area contributed by atoms with Crippen molar-refractivity contribution in [3.8, 4) is 0 Å². The third-order valence-electron chi connectivity index (χ3n) is 3.16. The lowest BCUT2D eigenvalue weighted by molar-refractivity contribution is -0.288. The summed E-state index contributed by atoms with van der Waals surface area (Å²) < 4.78 is 55.4. The molecule has 0 aromatic rings. The molecule has 1 rings (SSSR count). The first-order chi connectivity index (χ1) is 8.84. The van der Waals surface area contributed by atoms with Gasteiger partial charge in [0, 0.05) is 27.2 Å². The van der Waals surface area contributed by atoms with E-state index in [9.17, 15) is 8.42 Å². The Balaban J connectivity index is 2.78. The zero-order chi connectivity index (χ0) is 14.6. The van der Waals surface area contributed by atoms with Gasteiger partial charge < -0.3 is 18.9 Å². The van der Waals surface area contributed by atoms with Crippen LogP contribution in [0.3, 0.4) is 0 Å². The van der Waals surface area contributed by atoms with E-state index in [1.165, 1.54) is 21.3 Å². The highest BCUT2D eigenvalue weighted by atomic mass is 32.3. The number of ether oxygens (including phenoxy) is 4. The van der Waals surface area contributed by atoms with Crippen LogP contribution in [-0.2, 0) is 33.5 Å². The average molecular weight is 300 g/mol. The Bertz CT molecular complexity index is 370. The van der Waals surface area contributed by atoms with E-state index in [2.05, 4.69) is 4.18 Å². The molecule has 1 fully saturated rings. The van der Waals surface area contributed by atoms with Gasteiger partial charge in [-0.05, 0) is 0 Å². The third kappa shape index (κ3) is 4.35. The monoisotopic (exact) mass is 300 g/mol. The van der Waals surface area contributed by atoms with E-state index in [0.29, 0.717) is 0 Å². The van der Waals surface area contributed by atoms with Crippen LogP contribution in [0.25, 0.3) is 0 Å². The van der Waals surface area contributed by atoms with Crippen molar-refractivity contribution in [2.75, 3.05) is 27.9 Å². The van der Waals surface area contributed by atoms with Crippen LogP contribution < -0.4 is 0 Å². The van der Waals surface area contributed by atoms with Gasteiger partial charge in [-0.25, -0.2) is 4.18 Å². The lowest BCUT2D eigenvalue weighted by Crippen LogP contribution is -2.56. The molecule has 0 aromatic heterocycles. The fourth-order valence-electron chi connectivity index (χ4n) is 2.17. The van der Waals surface area contributed by atoms with E-state index in [4.69, 9.17) is 23.5 Å². The lowest BCUT2D eigenvalue weighted by Gasteiger charge is -2.43. The van der Waals surface area contributed by atoms with Crippen molar-refractivity contribution in [2.45, 2.75) is 31.5 Å². The van der Waals surface area contributed by atoms with Gasteiger partial charge in [0.15, 0.2) is 6.29 Å². The molecule has 8 nitrogen and oxygen atoms in total. The standard InChI is InChI=1S/C10H20O8S/c1-6-7(5-17-19(11,12)13)18-10(16-4)9(15-3)8(6)14-2/h6-10H,5H2,1-4H3,(H,11,12,13)/t6-,7+,8+,9+,10+/m0/s1. The second-order valence-electron chi connectivity index (χ2n) is 4.25. The van der Waals surface area contributed by atoms with Crippen LogP contribution in [0.5, 0.6) is 0 Å². The van der Waals surface area contributed by atoms with Gasteiger partial charge in [0.25, 0.3) is 0 Å². The maximum Gasteiger partial charge on any atom is 0.397 e. The summed E-state index contributed by atoms with van der Waals surface area (Å²) in [5.74, 6) is -0.205. The van der Waals surface area contributed by atoms with Gasteiger partial charge in [-0.2, -0.15) is 8.42 Å². The molecule has 0 aromatic carbocycles. The molecule has 0 amide bonds. The van der Waals surface area contributed by atoms with Crippen molar-refractivity contribution in [1.82, 2.24) is 0 Å². The van der Waals surface area contributed by atoms with Gasteiger partial charge in [0.1, 0.15) is 6.10 Å². The summed E-state index contributed by atoms with van der Waals surface area (Å²) in [6.45, 7) is 1.49. The topological polar surface area (TPSA) is 101 Å². The minimum absolute atomic E-state index is 0.205. The van der Waals surface area contributed by atoms with Gasteiger partial charge in [-0.15, -0.1) is 0 Å². The molecule has 1 aliphatic rings. The quantitative estimate of drug-likeness (QED) is 0.676. The molecule has 0 bridgehead atoms. The summed E-state index contributed by atoms with van der Waals surface area (Å²) in [6.07, 6.45) is -2.10. The molecule has 1 heterocycles. The Hall–Kier alpha value is -0.290. The van der Waals surface area contributed by atoms with Gasteiger partial charge in [-0.3, -0.25) is 4.55 Å². The van der Waals surface area contributed by atoms with Crippen molar-refractivity contribution >= 4 is 10.4 Å². The Morgan fingerprint density at radius 2 is 1.68 bits per heavy atom. The first-order valence-corrected chi connectivity index (χ1v) is 7.06. The second-order valence-corrected chi connectivity index (χ2v) is 5.34. The van der Waals surface area contributed by atoms with Crippen LogP contribution >= 0.6 is 0 Å². The maximum absolute atomic E-state index is 10.6. The van der Waals surface area contributed by atoms with Crippen molar-refractivity contribution < 1.29 is 36.1 Å². The zero-order valence-corrected chi connectivity index (χ0v) is 12.1. The van der Waals surface area contributed by atoms with Crippen LogP contribution in [0, 0.1) is 5.92 Å². The Labute approximate surface area is 112 Å². The maximum atomic E-state index is 10.6. The molecule has 0 aliphatic carbocycles. The highest BCUT2D eigenvalue weighted by Crippen LogP contribution is 2.30. The van der Waals surface area contributed by atoms with Crippen LogP contribution in [0.1, 0.15) is 6.92 Å². The molecule has 0 unspecified atom stereocenters. The Kier molecular flexibility index (Phi) is 6.12. The molecule has 0 radical (unpaired) electrons. The first kappa shape index (κ1) is 16.8. The highest BCUT2D eigenvalue weighted by molar-refractivity contribution is 7.80. The molecule has 114 valence electrons. The summed E-state index contributed by atoms with van der Waals surface area (Å²) in [4.78, 5) is 0. The van der Waals surface area contributed by atoms with Crippen molar-refractivity contribution in [3.05, 3.63) is 0 Å². The molecule has 5 atom stereocenters. The predicted octanol–water partition coefficient (Wildman–Crippen LogP) is -0.157. The van der Waals surface area contributed by atoms with Crippen LogP contribution in [-0.4, -0.2) is 65.5 Å². The fourth-order valence-corrected chi connectivity index (χ4v) is 2.47. The molecule has 9 heteroatoms. The third-order valence-corrected chi connectivity index (χ3v) is 3.60. The second kappa shape index (κ2) is 6.93. The van der Waals surface area contributed by atoms with E-state index in [1.54, 1.807) is 0 Å². The molecule has 19 heavy (non-hydrogen) atoms. The van der Waals surface area contributed by atoms with Gasteiger partial charge in [0.05, 0.1) is 18.8 Å². The fraction of sp³-hybridized carbons (Fsp3) is 1.00. The predicted molar refractivity (Wildman–Crippen MR) is 63.9 cm³/mol. The molecule has 1 N–H and O–H groups in total. The van der Waals surface area contributed by atoms with Crippen molar-refractivity contribution in [2.24, 2.45) is 5.92 Å². The smallest absolute Gasteiger partial charge is 0.378 e. The summed E-state index contributed by atoms with van der Waals surface area (Å²) in [5, 5.41) is 0. The van der Waals surface area contributed by atoms with E-state index in [-0.39, 0.29) is 18.6 Å². The van der Waals surface area contributed by atoms with Gasteiger partial charge in [-0.1, -0.05) is 6.92 Å². The number of methoxy groups -OCH3 is 3. The SMILES string of the molecule is CO[C@@H]1O[C@H](COS(=O)(=O)O)[C@H](C)[C@@H](OC)[C@H]1OC. The summed E-state index contributed by atoms with van der Waals surface area (Å²) in [7, 11) is -0.0353. The zero-order valence-electron chi connectivity index (χ0n) is 11.3. The van der Waals surface area contributed by atoms with Crippen molar-refractivity contribution in [1.29, 1.82) is 0 Å². The number of hydrogen-bond donors (Lipinski definition) is 1. The molecular formula is C10H20O8S. The number of hydrogen-bond acceptors (Lipinski definition) is 7. The van der Waals surface area contributed by atoms with Crippen LogP contribution in [0.15, 0.2) is 0 Å². The largest absolute Gasteiger partial charge is 0.397 e. The molecule has 0 saturated carbocycles. The Morgan fingerprint density at radius 1 is 1.11 bits per heavy atom. The molecule has 0 spiro atoms. The van der Waals surface area contributed by atoms with Crippen LogP contribution in [0.4, 0.5) is 0 Å². The Morgan fingerprint density at radius 3 is 2.11 bits per heavy atom. The summed E-state index contributed by atoms with van der Waals surface area (Å²) in [5.41, 5.74) is 0. The summed E-state index contributed by atoms with van der Waals surface area (Å²) in [6, 6.07) is 0. The normalized spacial score (nSPS) is 36.4. The van der Waals surface area contributed by atoms with Crippen LogP contribution in [0.2, 0.25) is 0 Å². The summed E-state index contributed by atoms with van der Waals surface area (Å²) >= 11 is 0. The average Bonchev–Trinajstić information content (AvgIpc) is 2.35. The van der Waals surface area contributed by atoms with E-state index >= 15 is 0 Å². The minimum Gasteiger partial charge on any atom is -0.378 e. The van der Waals surface area contributed by atoms with Crippen molar-refractivity contribution in [3.63, 3.8) is 0 Å². The highest BCUT2D eigenvalue weighted by Gasteiger charge is 2.45. The van der Waals surface area contributed by atoms with Gasteiger partial charge in [0.2, 0.25) is 0 Å². The molecular weight excluding hydrogens is 280 g/mol. The minimum atomic E-state index is -4.51. The van der Waals surface area contributed by atoms with Gasteiger partial charge >= 0.3 is 10.4 Å². The van der Waals surface area contributed by atoms with E-state index in [0.717, 1.165) is 0 Å². The lowest BCUT2D eigenvalue weighted by atomic mass is 9.90. The number of rotatable bonds is 6. The van der Waals surface area contributed by atoms with E-state index < -0.39 is 28.9 Å².